The second-order valence-corrected chi connectivity index (χ2v) is 5.15. The first kappa shape index (κ1) is 12.8. The van der Waals surface area contributed by atoms with E-state index in [4.69, 9.17) is 5.11 Å². The normalized spacial score (nSPS) is 17.3. The molecule has 0 saturated heterocycles. The minimum absolute atomic E-state index is 0.0948. The Labute approximate surface area is 108 Å². The van der Waals surface area contributed by atoms with Gasteiger partial charge in [-0.2, -0.15) is 0 Å². The molecule has 0 aromatic carbocycles. The van der Waals surface area contributed by atoms with Gasteiger partial charge in [-0.3, -0.25) is 9.59 Å². The lowest BCUT2D eigenvalue weighted by Crippen LogP contribution is -2.29. The lowest BCUT2D eigenvalue weighted by molar-refractivity contribution is -0.138. The molecule has 0 fully saturated rings. The van der Waals surface area contributed by atoms with Crippen LogP contribution in [0.3, 0.4) is 0 Å². The van der Waals surface area contributed by atoms with Crippen LogP contribution in [-0.2, 0) is 16.0 Å². The third-order valence-electron chi connectivity index (χ3n) is 2.79. The largest absolute Gasteiger partial charge is 0.481 e. The number of carboxylic acids is 1. The average molecular weight is 269 g/mol. The fourth-order valence-corrected chi connectivity index (χ4v) is 2.99. The van der Waals surface area contributed by atoms with E-state index in [1.165, 1.54) is 11.3 Å². The second kappa shape index (κ2) is 5.34. The lowest BCUT2D eigenvalue weighted by atomic mass is 10.1. The standard InChI is InChI=1S/C11H15N3O3S/c1-2-12-8(15)5-13-11-14-9-6(10(16)17)3-4-7(9)18-11/h6H,2-5H2,1H3,(H,12,15)(H,13,14)(H,16,17). The van der Waals surface area contributed by atoms with Gasteiger partial charge in [0.05, 0.1) is 12.2 Å². The fraction of sp³-hybridized carbons (Fsp3) is 0.545. The molecule has 7 heteroatoms. The van der Waals surface area contributed by atoms with Gasteiger partial charge in [-0.15, -0.1) is 11.3 Å². The number of hydrogen-bond donors (Lipinski definition) is 3. The van der Waals surface area contributed by atoms with Gasteiger partial charge in [0.2, 0.25) is 5.91 Å². The maximum absolute atomic E-state index is 11.3. The van der Waals surface area contributed by atoms with Crippen molar-refractivity contribution in [3.63, 3.8) is 0 Å². The number of anilines is 1. The number of aliphatic carboxylic acids is 1. The molecule has 1 aromatic rings. The summed E-state index contributed by atoms with van der Waals surface area (Å²) in [4.78, 5) is 27.6. The van der Waals surface area contributed by atoms with Crippen molar-refractivity contribution in [2.75, 3.05) is 18.4 Å². The Kier molecular flexibility index (Phi) is 3.81. The Bertz CT molecular complexity index is 472. The van der Waals surface area contributed by atoms with E-state index < -0.39 is 11.9 Å². The minimum Gasteiger partial charge on any atom is -0.481 e. The Balaban J connectivity index is 1.99. The van der Waals surface area contributed by atoms with Crippen molar-refractivity contribution >= 4 is 28.3 Å². The number of fused-ring (bicyclic) bond motifs is 1. The Morgan fingerprint density at radius 2 is 2.33 bits per heavy atom. The van der Waals surface area contributed by atoms with Crippen molar-refractivity contribution in [2.45, 2.75) is 25.7 Å². The van der Waals surface area contributed by atoms with Crippen LogP contribution in [0.2, 0.25) is 0 Å². The number of aryl methyl sites for hydroxylation is 1. The van der Waals surface area contributed by atoms with Crippen molar-refractivity contribution in [3.05, 3.63) is 10.6 Å². The monoisotopic (exact) mass is 269 g/mol. The highest BCUT2D eigenvalue weighted by atomic mass is 32.1. The summed E-state index contributed by atoms with van der Waals surface area (Å²) in [5.41, 5.74) is 0.658. The van der Waals surface area contributed by atoms with Crippen LogP contribution in [0.25, 0.3) is 0 Å². The molecule has 98 valence electrons. The zero-order chi connectivity index (χ0) is 13.1. The number of nitrogens with one attached hydrogen (secondary N) is 2. The van der Waals surface area contributed by atoms with Gasteiger partial charge in [0.25, 0.3) is 0 Å². The molecular weight excluding hydrogens is 254 g/mol. The van der Waals surface area contributed by atoms with Crippen molar-refractivity contribution < 1.29 is 14.7 Å². The van der Waals surface area contributed by atoms with Gasteiger partial charge in [-0.05, 0) is 19.8 Å². The summed E-state index contributed by atoms with van der Waals surface area (Å²) in [5.74, 6) is -1.41. The molecule has 6 nitrogen and oxygen atoms in total. The summed E-state index contributed by atoms with van der Waals surface area (Å²) in [6.45, 7) is 2.61. The smallest absolute Gasteiger partial charge is 0.312 e. The van der Waals surface area contributed by atoms with Crippen molar-refractivity contribution in [1.29, 1.82) is 0 Å². The van der Waals surface area contributed by atoms with E-state index in [1.807, 2.05) is 6.92 Å². The Morgan fingerprint density at radius 3 is 3.00 bits per heavy atom. The van der Waals surface area contributed by atoms with Crippen LogP contribution in [0.5, 0.6) is 0 Å². The molecule has 1 amide bonds. The predicted molar refractivity (Wildman–Crippen MR) is 68.0 cm³/mol. The summed E-state index contributed by atoms with van der Waals surface area (Å²) < 4.78 is 0. The van der Waals surface area contributed by atoms with Crippen LogP contribution in [0.15, 0.2) is 0 Å². The molecule has 1 unspecified atom stereocenters. The minimum atomic E-state index is -0.825. The molecule has 0 radical (unpaired) electrons. The van der Waals surface area contributed by atoms with E-state index in [0.717, 1.165) is 11.3 Å². The van der Waals surface area contributed by atoms with Crippen LogP contribution in [0, 0.1) is 0 Å². The number of thiazole rings is 1. The molecule has 0 spiro atoms. The van der Waals surface area contributed by atoms with Gasteiger partial charge >= 0.3 is 5.97 Å². The molecule has 1 atom stereocenters. The first-order chi connectivity index (χ1) is 8.61. The van der Waals surface area contributed by atoms with E-state index in [-0.39, 0.29) is 12.5 Å². The van der Waals surface area contributed by atoms with Crippen LogP contribution < -0.4 is 10.6 Å². The first-order valence-corrected chi connectivity index (χ1v) is 6.66. The van der Waals surface area contributed by atoms with Gasteiger partial charge in [0.15, 0.2) is 5.13 Å². The predicted octanol–water partition coefficient (Wildman–Crippen LogP) is 0.805. The average Bonchev–Trinajstić information content (AvgIpc) is 2.85. The summed E-state index contributed by atoms with van der Waals surface area (Å²) in [6, 6.07) is 0. The van der Waals surface area contributed by atoms with Gasteiger partial charge in [-0.1, -0.05) is 0 Å². The van der Waals surface area contributed by atoms with E-state index in [2.05, 4.69) is 15.6 Å². The molecule has 0 bridgehead atoms. The van der Waals surface area contributed by atoms with Crippen LogP contribution in [0.4, 0.5) is 5.13 Å². The molecule has 1 aromatic heterocycles. The zero-order valence-electron chi connectivity index (χ0n) is 10.0. The number of amides is 1. The number of hydrogen-bond acceptors (Lipinski definition) is 5. The molecule has 0 aliphatic heterocycles. The van der Waals surface area contributed by atoms with Crippen LogP contribution in [0.1, 0.15) is 29.8 Å². The van der Waals surface area contributed by atoms with Gasteiger partial charge < -0.3 is 15.7 Å². The number of carbonyl (C=O) groups excluding carboxylic acids is 1. The quantitative estimate of drug-likeness (QED) is 0.735. The summed E-state index contributed by atoms with van der Waals surface area (Å²) in [6.07, 6.45) is 1.38. The maximum atomic E-state index is 11.3. The second-order valence-electron chi connectivity index (χ2n) is 4.06. The number of likely N-dealkylation sites (N-methyl/N-ethyl adjacent to an activating group) is 1. The third kappa shape index (κ3) is 2.61. The summed E-state index contributed by atoms with van der Waals surface area (Å²) in [7, 11) is 0. The summed E-state index contributed by atoms with van der Waals surface area (Å²) >= 11 is 1.44. The molecule has 1 aliphatic rings. The highest BCUT2D eigenvalue weighted by Gasteiger charge is 2.32. The molecular formula is C11H15N3O3S. The number of nitrogens with zero attached hydrogens (tertiary/aromatic N) is 1. The molecule has 3 N–H and O–H groups in total. The molecule has 18 heavy (non-hydrogen) atoms. The molecule has 1 aliphatic carbocycles. The summed E-state index contributed by atoms with van der Waals surface area (Å²) in [5, 5.41) is 15.3. The topological polar surface area (TPSA) is 91.3 Å². The zero-order valence-corrected chi connectivity index (χ0v) is 10.8. The fourth-order valence-electron chi connectivity index (χ4n) is 1.96. The SMILES string of the molecule is CCNC(=O)CNc1nc2c(s1)CCC2C(=O)O. The van der Waals surface area contributed by atoms with E-state index in [1.54, 1.807) is 0 Å². The van der Waals surface area contributed by atoms with Gasteiger partial charge in [0, 0.05) is 11.4 Å². The Morgan fingerprint density at radius 1 is 1.56 bits per heavy atom. The number of carboxylic acid groups (broad SMARTS) is 1. The highest BCUT2D eigenvalue weighted by molar-refractivity contribution is 7.15. The number of aromatic nitrogens is 1. The van der Waals surface area contributed by atoms with E-state index in [9.17, 15) is 9.59 Å². The lowest BCUT2D eigenvalue weighted by Gasteiger charge is -2.04. The number of carbonyl (C=O) groups is 2. The molecule has 2 rings (SSSR count). The van der Waals surface area contributed by atoms with Gasteiger partial charge in [-0.25, -0.2) is 4.98 Å². The molecule has 0 saturated carbocycles. The number of rotatable bonds is 5. The van der Waals surface area contributed by atoms with E-state index in [0.29, 0.717) is 23.8 Å². The third-order valence-corrected chi connectivity index (χ3v) is 3.88. The highest BCUT2D eigenvalue weighted by Crippen LogP contribution is 2.38. The Hall–Kier alpha value is -1.63. The van der Waals surface area contributed by atoms with Crippen LogP contribution >= 0.6 is 11.3 Å². The maximum Gasteiger partial charge on any atom is 0.312 e. The molecule has 1 heterocycles. The van der Waals surface area contributed by atoms with Crippen molar-refractivity contribution in [3.8, 4) is 0 Å². The van der Waals surface area contributed by atoms with Crippen LogP contribution in [-0.4, -0.2) is 35.1 Å². The van der Waals surface area contributed by atoms with Crippen molar-refractivity contribution in [2.24, 2.45) is 0 Å². The van der Waals surface area contributed by atoms with Crippen molar-refractivity contribution in [1.82, 2.24) is 10.3 Å². The van der Waals surface area contributed by atoms with Gasteiger partial charge in [0.1, 0.15) is 5.92 Å². The first-order valence-electron chi connectivity index (χ1n) is 5.84. The van der Waals surface area contributed by atoms with E-state index >= 15 is 0 Å².